The summed E-state index contributed by atoms with van der Waals surface area (Å²) in [7, 11) is 0. The van der Waals surface area contributed by atoms with Crippen LogP contribution in [-0.4, -0.2) is 11.8 Å². The molecule has 0 aromatic heterocycles. The zero-order valence-electron chi connectivity index (χ0n) is 19.5. The Morgan fingerprint density at radius 3 is 1.31 bits per heavy atom. The molecule has 0 atom stereocenters. The third-order valence-electron chi connectivity index (χ3n) is 5.90. The van der Waals surface area contributed by atoms with Crippen molar-refractivity contribution in [2.75, 3.05) is 10.6 Å². The van der Waals surface area contributed by atoms with Crippen LogP contribution in [0.1, 0.15) is 11.1 Å². The van der Waals surface area contributed by atoms with Crippen molar-refractivity contribution in [2.45, 2.75) is 0 Å². The Bertz CT molecular complexity index is 1480. The third-order valence-corrected chi connectivity index (χ3v) is 5.90. The van der Waals surface area contributed by atoms with E-state index < -0.39 is 0 Å². The molecule has 0 saturated heterocycles. The molecule has 5 aromatic rings. The molecule has 4 heteroatoms. The van der Waals surface area contributed by atoms with Crippen molar-refractivity contribution >= 4 is 56.9 Å². The van der Waals surface area contributed by atoms with Gasteiger partial charge in [0, 0.05) is 23.5 Å². The normalized spacial score (nSPS) is 11.3. The molecule has 0 aliphatic rings. The summed E-state index contributed by atoms with van der Waals surface area (Å²) in [5.41, 5.74) is 3.26. The van der Waals surface area contributed by atoms with E-state index in [-0.39, 0.29) is 11.8 Å². The predicted molar refractivity (Wildman–Crippen MR) is 150 cm³/mol. The van der Waals surface area contributed by atoms with Crippen LogP contribution in [0.5, 0.6) is 0 Å². The van der Waals surface area contributed by atoms with E-state index in [4.69, 9.17) is 0 Å². The Morgan fingerprint density at radius 2 is 0.861 bits per heavy atom. The van der Waals surface area contributed by atoms with E-state index in [0.29, 0.717) is 11.4 Å². The maximum absolute atomic E-state index is 12.4. The predicted octanol–water partition coefficient (Wildman–Crippen LogP) is 7.30. The first-order chi connectivity index (χ1) is 17.7. The second-order valence-corrected chi connectivity index (χ2v) is 8.36. The lowest BCUT2D eigenvalue weighted by molar-refractivity contribution is -0.112. The van der Waals surface area contributed by atoms with E-state index in [1.165, 1.54) is 12.2 Å². The third kappa shape index (κ3) is 5.40. The molecular formula is C32H24N2O2. The summed E-state index contributed by atoms with van der Waals surface area (Å²) in [6.45, 7) is 0. The van der Waals surface area contributed by atoms with E-state index in [1.54, 1.807) is 24.3 Å². The first-order valence-corrected chi connectivity index (χ1v) is 11.7. The zero-order chi connectivity index (χ0) is 24.7. The molecule has 0 radical (unpaired) electrons. The van der Waals surface area contributed by atoms with E-state index in [9.17, 15) is 9.59 Å². The topological polar surface area (TPSA) is 58.2 Å². The van der Waals surface area contributed by atoms with Gasteiger partial charge in [0.05, 0.1) is 0 Å². The minimum Gasteiger partial charge on any atom is -0.323 e. The Hall–Kier alpha value is -4.96. The number of rotatable bonds is 6. The van der Waals surface area contributed by atoms with Gasteiger partial charge in [0.1, 0.15) is 0 Å². The SMILES string of the molecule is O=C(C=Cc1cccc2ccccc12)Nc1ccc(NC(=O)C=Cc2cccc3ccccc23)cc1. The molecule has 0 heterocycles. The fourth-order valence-electron chi connectivity index (χ4n) is 4.13. The molecule has 0 aliphatic carbocycles. The maximum atomic E-state index is 12.4. The number of nitrogens with one attached hydrogen (secondary N) is 2. The van der Waals surface area contributed by atoms with Crippen LogP contribution in [0.15, 0.2) is 121 Å². The molecule has 0 unspecified atom stereocenters. The summed E-state index contributed by atoms with van der Waals surface area (Å²) >= 11 is 0. The van der Waals surface area contributed by atoms with E-state index in [0.717, 1.165) is 32.7 Å². The molecule has 4 nitrogen and oxygen atoms in total. The zero-order valence-corrected chi connectivity index (χ0v) is 19.5. The van der Waals surface area contributed by atoms with Crippen LogP contribution in [0.4, 0.5) is 11.4 Å². The number of hydrogen-bond donors (Lipinski definition) is 2. The van der Waals surface area contributed by atoms with Gasteiger partial charge in [-0.05, 0) is 69.1 Å². The second kappa shape index (κ2) is 10.5. The number of amides is 2. The van der Waals surface area contributed by atoms with Crippen molar-refractivity contribution in [3.05, 3.63) is 132 Å². The molecule has 5 aromatic carbocycles. The number of carbonyl (C=O) groups excluding carboxylic acids is 2. The molecule has 0 saturated carbocycles. The van der Waals surface area contributed by atoms with Crippen LogP contribution < -0.4 is 10.6 Å². The van der Waals surface area contributed by atoms with Crippen molar-refractivity contribution in [1.82, 2.24) is 0 Å². The van der Waals surface area contributed by atoms with Gasteiger partial charge in [-0.2, -0.15) is 0 Å². The largest absolute Gasteiger partial charge is 0.323 e. The highest BCUT2D eigenvalue weighted by Crippen LogP contribution is 2.21. The Labute approximate surface area is 209 Å². The second-order valence-electron chi connectivity index (χ2n) is 8.36. The van der Waals surface area contributed by atoms with Crippen molar-refractivity contribution in [1.29, 1.82) is 0 Å². The summed E-state index contributed by atoms with van der Waals surface area (Å²) < 4.78 is 0. The lowest BCUT2D eigenvalue weighted by Gasteiger charge is -2.06. The fraction of sp³-hybridized carbons (Fsp3) is 0. The minimum atomic E-state index is -0.224. The first kappa shape index (κ1) is 22.8. The van der Waals surface area contributed by atoms with Crippen LogP contribution in [0.2, 0.25) is 0 Å². The number of fused-ring (bicyclic) bond motifs is 2. The van der Waals surface area contributed by atoms with Crippen molar-refractivity contribution in [3.8, 4) is 0 Å². The number of hydrogen-bond acceptors (Lipinski definition) is 2. The first-order valence-electron chi connectivity index (χ1n) is 11.7. The molecule has 0 aliphatic heterocycles. The Morgan fingerprint density at radius 1 is 0.472 bits per heavy atom. The molecule has 2 N–H and O–H groups in total. The fourth-order valence-corrected chi connectivity index (χ4v) is 4.13. The standard InChI is InChI=1S/C32H24N2O2/c35-31(21-15-25-11-5-9-23-7-1-3-13-29(23)25)33-27-17-19-28(20-18-27)34-32(36)22-16-26-12-6-10-24-8-2-4-14-30(24)26/h1-22H,(H,33,35)(H,34,36). The summed E-state index contributed by atoms with van der Waals surface area (Å²) in [4.78, 5) is 24.8. The number of benzene rings is 5. The average Bonchev–Trinajstić information content (AvgIpc) is 2.92. The number of anilines is 2. The summed E-state index contributed by atoms with van der Waals surface area (Å²) in [5.74, 6) is -0.449. The summed E-state index contributed by atoms with van der Waals surface area (Å²) in [5, 5.41) is 10.2. The van der Waals surface area contributed by atoms with Gasteiger partial charge in [-0.25, -0.2) is 0 Å². The lowest BCUT2D eigenvalue weighted by Crippen LogP contribution is -2.09. The van der Waals surface area contributed by atoms with Crippen LogP contribution in [0.25, 0.3) is 33.7 Å². The molecule has 5 rings (SSSR count). The lowest BCUT2D eigenvalue weighted by atomic mass is 10.0. The quantitative estimate of drug-likeness (QED) is 0.257. The van der Waals surface area contributed by atoms with Crippen molar-refractivity contribution in [2.24, 2.45) is 0 Å². The summed E-state index contributed by atoms with van der Waals surface area (Å²) in [6.07, 6.45) is 6.67. The molecular weight excluding hydrogens is 444 g/mol. The molecule has 0 fully saturated rings. The van der Waals surface area contributed by atoms with Gasteiger partial charge in [-0.3, -0.25) is 9.59 Å². The van der Waals surface area contributed by atoms with E-state index in [2.05, 4.69) is 10.6 Å². The average molecular weight is 469 g/mol. The van der Waals surface area contributed by atoms with Crippen LogP contribution >= 0.6 is 0 Å². The van der Waals surface area contributed by atoms with Crippen LogP contribution in [0, 0.1) is 0 Å². The monoisotopic (exact) mass is 468 g/mol. The van der Waals surface area contributed by atoms with Gasteiger partial charge in [-0.15, -0.1) is 0 Å². The van der Waals surface area contributed by atoms with Crippen LogP contribution in [0.3, 0.4) is 0 Å². The Kier molecular flexibility index (Phi) is 6.68. The Balaban J connectivity index is 1.19. The molecule has 0 bridgehead atoms. The van der Waals surface area contributed by atoms with E-state index in [1.807, 2.05) is 97.1 Å². The highest BCUT2D eigenvalue weighted by Gasteiger charge is 2.03. The van der Waals surface area contributed by atoms with Crippen molar-refractivity contribution < 1.29 is 9.59 Å². The van der Waals surface area contributed by atoms with E-state index >= 15 is 0 Å². The van der Waals surface area contributed by atoms with Gasteiger partial charge in [0.25, 0.3) is 0 Å². The maximum Gasteiger partial charge on any atom is 0.248 e. The number of carbonyl (C=O) groups is 2. The van der Waals surface area contributed by atoms with Gasteiger partial charge in [0.15, 0.2) is 0 Å². The molecule has 2 amide bonds. The minimum absolute atomic E-state index is 0.224. The van der Waals surface area contributed by atoms with Gasteiger partial charge < -0.3 is 10.6 Å². The molecule has 174 valence electrons. The van der Waals surface area contributed by atoms with Gasteiger partial charge in [-0.1, -0.05) is 84.9 Å². The summed E-state index contributed by atoms with van der Waals surface area (Å²) in [6, 6.07) is 35.2. The smallest absolute Gasteiger partial charge is 0.248 e. The molecule has 36 heavy (non-hydrogen) atoms. The van der Waals surface area contributed by atoms with Crippen LogP contribution in [-0.2, 0) is 9.59 Å². The highest BCUT2D eigenvalue weighted by atomic mass is 16.2. The van der Waals surface area contributed by atoms with Crippen molar-refractivity contribution in [3.63, 3.8) is 0 Å². The van der Waals surface area contributed by atoms with Gasteiger partial charge >= 0.3 is 0 Å². The van der Waals surface area contributed by atoms with Gasteiger partial charge in [0.2, 0.25) is 11.8 Å². The molecule has 0 spiro atoms. The highest BCUT2D eigenvalue weighted by molar-refractivity contribution is 6.05.